The van der Waals surface area contributed by atoms with Crippen LogP contribution in [0.3, 0.4) is 0 Å². The van der Waals surface area contributed by atoms with Crippen molar-refractivity contribution in [3.05, 3.63) is 22.2 Å². The zero-order valence-electron chi connectivity index (χ0n) is 11.8. The zero-order chi connectivity index (χ0) is 14.3. The topological polar surface area (TPSA) is 80.1 Å². The van der Waals surface area contributed by atoms with E-state index in [1.165, 1.54) is 12.1 Å². The van der Waals surface area contributed by atoms with Crippen molar-refractivity contribution in [3.63, 3.8) is 0 Å². The van der Waals surface area contributed by atoms with E-state index < -0.39 is 4.92 Å². The third-order valence-corrected chi connectivity index (χ3v) is 2.91. The predicted molar refractivity (Wildman–Crippen MR) is 77.7 cm³/mol. The lowest BCUT2D eigenvalue weighted by Crippen LogP contribution is -2.18. The molecule has 1 rings (SSSR count). The summed E-state index contributed by atoms with van der Waals surface area (Å²) in [5.74, 6) is 1.10. The van der Waals surface area contributed by atoms with Gasteiger partial charge in [0.25, 0.3) is 5.69 Å². The van der Waals surface area contributed by atoms with Crippen molar-refractivity contribution in [2.24, 2.45) is 0 Å². The molecule has 0 aliphatic rings. The van der Waals surface area contributed by atoms with Crippen molar-refractivity contribution in [2.75, 3.05) is 17.2 Å². The molecule has 0 radical (unpaired) electrons. The minimum atomic E-state index is -0.392. The maximum absolute atomic E-state index is 10.9. The van der Waals surface area contributed by atoms with E-state index in [1.807, 2.05) is 6.92 Å². The minimum Gasteiger partial charge on any atom is -0.370 e. The summed E-state index contributed by atoms with van der Waals surface area (Å²) in [6, 6.07) is 3.23. The molecule has 0 unspecified atom stereocenters. The molecule has 19 heavy (non-hydrogen) atoms. The van der Waals surface area contributed by atoms with Crippen LogP contribution in [0.2, 0.25) is 0 Å². The Morgan fingerprint density at radius 3 is 2.42 bits per heavy atom. The van der Waals surface area contributed by atoms with Crippen LogP contribution in [0.25, 0.3) is 0 Å². The lowest BCUT2D eigenvalue weighted by molar-refractivity contribution is -0.384. The minimum absolute atomic E-state index is 0.0575. The van der Waals surface area contributed by atoms with Gasteiger partial charge in [-0.05, 0) is 19.3 Å². The highest BCUT2D eigenvalue weighted by Gasteiger charge is 2.13. The second kappa shape index (κ2) is 7.56. The molecule has 6 heteroatoms. The number of anilines is 2. The van der Waals surface area contributed by atoms with Crippen LogP contribution in [-0.2, 0) is 0 Å². The molecule has 106 valence electrons. The first-order valence-electron chi connectivity index (χ1n) is 6.77. The largest absolute Gasteiger partial charge is 0.370 e. The molecule has 0 atom stereocenters. The molecular formula is C13H22N4O2. The van der Waals surface area contributed by atoms with Crippen LogP contribution < -0.4 is 10.6 Å². The van der Waals surface area contributed by atoms with Gasteiger partial charge in [-0.3, -0.25) is 10.1 Å². The smallest absolute Gasteiger partial charge is 0.276 e. The van der Waals surface area contributed by atoms with E-state index in [2.05, 4.69) is 29.5 Å². The van der Waals surface area contributed by atoms with Crippen LogP contribution in [0.5, 0.6) is 0 Å². The maximum atomic E-state index is 10.9. The lowest BCUT2D eigenvalue weighted by atomic mass is 10.2. The molecule has 0 aliphatic heterocycles. The van der Waals surface area contributed by atoms with Gasteiger partial charge in [-0.25, -0.2) is 4.98 Å². The Bertz CT molecular complexity index is 419. The molecule has 1 aromatic rings. The molecule has 0 saturated carbocycles. The highest BCUT2D eigenvalue weighted by atomic mass is 16.6. The van der Waals surface area contributed by atoms with E-state index in [-0.39, 0.29) is 11.7 Å². The highest BCUT2D eigenvalue weighted by molar-refractivity contribution is 5.55. The van der Waals surface area contributed by atoms with Crippen LogP contribution in [0, 0.1) is 10.1 Å². The van der Waals surface area contributed by atoms with E-state index >= 15 is 0 Å². The lowest BCUT2D eigenvalue weighted by Gasteiger charge is -2.16. The number of aromatic nitrogens is 1. The van der Waals surface area contributed by atoms with Crippen LogP contribution in [-0.4, -0.2) is 22.5 Å². The quantitative estimate of drug-likeness (QED) is 0.556. The Labute approximate surface area is 113 Å². The van der Waals surface area contributed by atoms with E-state index in [0.717, 1.165) is 25.8 Å². The summed E-state index contributed by atoms with van der Waals surface area (Å²) in [4.78, 5) is 14.9. The fourth-order valence-corrected chi connectivity index (χ4v) is 1.74. The second-order valence-corrected chi connectivity index (χ2v) is 4.44. The first-order valence-corrected chi connectivity index (χ1v) is 6.77. The molecule has 0 aliphatic carbocycles. The third kappa shape index (κ3) is 4.73. The summed E-state index contributed by atoms with van der Waals surface area (Å²) in [5.41, 5.74) is 0.0575. The number of rotatable bonds is 8. The summed E-state index contributed by atoms with van der Waals surface area (Å²) >= 11 is 0. The average Bonchev–Trinajstić information content (AvgIpc) is 2.42. The molecule has 0 bridgehead atoms. The Hall–Kier alpha value is -1.85. The van der Waals surface area contributed by atoms with Gasteiger partial charge in [0.1, 0.15) is 11.6 Å². The van der Waals surface area contributed by atoms with Gasteiger partial charge in [-0.2, -0.15) is 0 Å². The number of hydrogen-bond donors (Lipinski definition) is 2. The van der Waals surface area contributed by atoms with Gasteiger partial charge in [-0.1, -0.05) is 20.8 Å². The maximum Gasteiger partial charge on any atom is 0.276 e. The summed E-state index contributed by atoms with van der Waals surface area (Å²) in [6.45, 7) is 6.94. The SMILES string of the molecule is CCCNc1cc([N+](=O)[O-])cc(NC(CC)CC)n1. The van der Waals surface area contributed by atoms with Gasteiger partial charge in [0.05, 0.1) is 17.1 Å². The Balaban J connectivity index is 2.95. The first kappa shape index (κ1) is 15.2. The van der Waals surface area contributed by atoms with E-state index in [0.29, 0.717) is 11.6 Å². The van der Waals surface area contributed by atoms with Gasteiger partial charge in [0, 0.05) is 12.6 Å². The molecule has 2 N–H and O–H groups in total. The number of pyridine rings is 1. The van der Waals surface area contributed by atoms with Crippen molar-refractivity contribution in [1.82, 2.24) is 4.98 Å². The standard InChI is InChI=1S/C13H22N4O2/c1-4-7-14-12-8-11(17(18)19)9-13(16-12)15-10(5-2)6-3/h8-10H,4-7H2,1-3H3,(H2,14,15,16). The number of nitro groups is 1. The van der Waals surface area contributed by atoms with E-state index in [9.17, 15) is 10.1 Å². The molecule has 0 aromatic carbocycles. The number of nitrogens with zero attached hydrogens (tertiary/aromatic N) is 2. The Morgan fingerprint density at radius 2 is 1.89 bits per heavy atom. The Morgan fingerprint density at radius 1 is 1.26 bits per heavy atom. The predicted octanol–water partition coefficient (Wildman–Crippen LogP) is 3.41. The van der Waals surface area contributed by atoms with Gasteiger partial charge in [-0.15, -0.1) is 0 Å². The number of nitrogens with one attached hydrogen (secondary N) is 2. The van der Waals surface area contributed by atoms with Crippen molar-refractivity contribution >= 4 is 17.3 Å². The van der Waals surface area contributed by atoms with E-state index in [1.54, 1.807) is 0 Å². The zero-order valence-corrected chi connectivity index (χ0v) is 11.8. The molecule has 1 heterocycles. The molecule has 0 fully saturated rings. The van der Waals surface area contributed by atoms with Crippen LogP contribution in [0.1, 0.15) is 40.0 Å². The van der Waals surface area contributed by atoms with Crippen molar-refractivity contribution in [3.8, 4) is 0 Å². The van der Waals surface area contributed by atoms with Crippen LogP contribution in [0.4, 0.5) is 17.3 Å². The molecular weight excluding hydrogens is 244 g/mol. The van der Waals surface area contributed by atoms with Crippen molar-refractivity contribution < 1.29 is 4.92 Å². The molecule has 0 saturated heterocycles. The van der Waals surface area contributed by atoms with Crippen molar-refractivity contribution in [2.45, 2.75) is 46.1 Å². The molecule has 0 amide bonds. The fourth-order valence-electron chi connectivity index (χ4n) is 1.74. The first-order chi connectivity index (χ1) is 9.10. The van der Waals surface area contributed by atoms with E-state index in [4.69, 9.17) is 0 Å². The molecule has 0 spiro atoms. The second-order valence-electron chi connectivity index (χ2n) is 4.44. The van der Waals surface area contributed by atoms with Crippen molar-refractivity contribution in [1.29, 1.82) is 0 Å². The van der Waals surface area contributed by atoms with Gasteiger partial charge < -0.3 is 10.6 Å². The number of hydrogen-bond acceptors (Lipinski definition) is 5. The van der Waals surface area contributed by atoms with Gasteiger partial charge >= 0.3 is 0 Å². The molecule has 1 aromatic heterocycles. The van der Waals surface area contributed by atoms with Gasteiger partial charge in [0.2, 0.25) is 0 Å². The average molecular weight is 266 g/mol. The monoisotopic (exact) mass is 266 g/mol. The fraction of sp³-hybridized carbons (Fsp3) is 0.615. The van der Waals surface area contributed by atoms with Gasteiger partial charge in [0.15, 0.2) is 0 Å². The Kier molecular flexibility index (Phi) is 6.05. The van der Waals surface area contributed by atoms with Crippen LogP contribution >= 0.6 is 0 Å². The summed E-state index contributed by atoms with van der Waals surface area (Å²) in [5, 5.41) is 17.2. The third-order valence-electron chi connectivity index (χ3n) is 2.91. The summed E-state index contributed by atoms with van der Waals surface area (Å²) in [7, 11) is 0. The van der Waals surface area contributed by atoms with Crippen LogP contribution in [0.15, 0.2) is 12.1 Å². The normalized spacial score (nSPS) is 10.5. The summed E-state index contributed by atoms with van der Waals surface area (Å²) < 4.78 is 0. The molecule has 6 nitrogen and oxygen atoms in total. The summed E-state index contributed by atoms with van der Waals surface area (Å²) in [6.07, 6.45) is 2.86. The highest BCUT2D eigenvalue weighted by Crippen LogP contribution is 2.21.